The average Bonchev–Trinajstić information content (AvgIpc) is 2.82. The fourth-order valence-electron chi connectivity index (χ4n) is 3.44. The van der Waals surface area contributed by atoms with Crippen molar-refractivity contribution in [3.63, 3.8) is 0 Å². The third-order valence-electron chi connectivity index (χ3n) is 5.48. The maximum atomic E-state index is 12.5. The van der Waals surface area contributed by atoms with Crippen LogP contribution < -0.4 is 19.1 Å². The lowest BCUT2D eigenvalue weighted by molar-refractivity contribution is 0.0947. The summed E-state index contributed by atoms with van der Waals surface area (Å²) in [5, 5.41) is 2.82. The second-order valence-electron chi connectivity index (χ2n) is 7.97. The summed E-state index contributed by atoms with van der Waals surface area (Å²) >= 11 is 0. The van der Waals surface area contributed by atoms with E-state index < -0.39 is 10.0 Å². The Morgan fingerprint density at radius 2 is 1.65 bits per heavy atom. The van der Waals surface area contributed by atoms with Crippen LogP contribution in [0.5, 0.6) is 11.5 Å². The molecule has 0 atom stereocenters. The van der Waals surface area contributed by atoms with Gasteiger partial charge in [-0.2, -0.15) is 0 Å². The van der Waals surface area contributed by atoms with E-state index in [-0.39, 0.29) is 12.5 Å². The SMILES string of the molecule is COc1cccc(OCCNC(=O)c2ccc(CN(c3cccc(C)c3C)S(C)(=O)=O)cc2)c1. The number of hydrogen-bond donors (Lipinski definition) is 1. The Kier molecular flexibility index (Phi) is 8.17. The minimum Gasteiger partial charge on any atom is -0.497 e. The molecule has 0 saturated heterocycles. The van der Waals surface area contributed by atoms with Crippen molar-refractivity contribution in [2.45, 2.75) is 20.4 Å². The Hall–Kier alpha value is -3.52. The van der Waals surface area contributed by atoms with E-state index in [2.05, 4.69) is 5.32 Å². The molecule has 0 heterocycles. The lowest BCUT2D eigenvalue weighted by Gasteiger charge is -2.25. The molecule has 34 heavy (non-hydrogen) atoms. The van der Waals surface area contributed by atoms with Crippen LogP contribution in [0.4, 0.5) is 5.69 Å². The van der Waals surface area contributed by atoms with E-state index in [0.717, 1.165) is 16.7 Å². The lowest BCUT2D eigenvalue weighted by atomic mass is 10.1. The minimum absolute atomic E-state index is 0.180. The Balaban J connectivity index is 1.59. The van der Waals surface area contributed by atoms with Gasteiger partial charge in [-0.05, 0) is 60.9 Å². The molecular formula is C26H30N2O5S. The molecule has 0 fully saturated rings. The van der Waals surface area contributed by atoms with E-state index in [1.54, 1.807) is 43.5 Å². The third-order valence-corrected chi connectivity index (χ3v) is 6.61. The first kappa shape index (κ1) is 25.1. The normalized spacial score (nSPS) is 11.1. The molecule has 0 aliphatic heterocycles. The molecule has 180 valence electrons. The van der Waals surface area contributed by atoms with Crippen LogP contribution in [0.1, 0.15) is 27.0 Å². The predicted molar refractivity (Wildman–Crippen MR) is 134 cm³/mol. The van der Waals surface area contributed by atoms with E-state index in [1.807, 2.05) is 44.2 Å². The molecule has 0 saturated carbocycles. The van der Waals surface area contributed by atoms with Gasteiger partial charge in [0.25, 0.3) is 5.91 Å². The third kappa shape index (κ3) is 6.51. The number of aryl methyl sites for hydroxylation is 1. The average molecular weight is 483 g/mol. The molecule has 0 aliphatic rings. The zero-order valence-electron chi connectivity index (χ0n) is 19.9. The first-order valence-corrected chi connectivity index (χ1v) is 12.7. The van der Waals surface area contributed by atoms with Gasteiger partial charge in [0.15, 0.2) is 0 Å². The smallest absolute Gasteiger partial charge is 0.251 e. The largest absolute Gasteiger partial charge is 0.497 e. The molecular weight excluding hydrogens is 452 g/mol. The summed E-state index contributed by atoms with van der Waals surface area (Å²) in [6.07, 6.45) is 1.20. The molecule has 0 spiro atoms. The lowest BCUT2D eigenvalue weighted by Crippen LogP contribution is -2.30. The van der Waals surface area contributed by atoms with Crippen molar-refractivity contribution in [2.75, 3.05) is 30.8 Å². The van der Waals surface area contributed by atoms with Gasteiger partial charge in [-0.3, -0.25) is 9.10 Å². The van der Waals surface area contributed by atoms with Gasteiger partial charge in [0.2, 0.25) is 10.0 Å². The number of nitrogens with one attached hydrogen (secondary N) is 1. The first-order chi connectivity index (χ1) is 16.2. The number of nitrogens with zero attached hydrogens (tertiary/aromatic N) is 1. The van der Waals surface area contributed by atoms with Crippen LogP contribution in [0.15, 0.2) is 66.7 Å². The number of amides is 1. The molecule has 1 N–H and O–H groups in total. The molecule has 7 nitrogen and oxygen atoms in total. The maximum Gasteiger partial charge on any atom is 0.251 e. The number of carbonyl (C=O) groups is 1. The molecule has 0 bridgehead atoms. The van der Waals surface area contributed by atoms with E-state index in [0.29, 0.717) is 35.9 Å². The van der Waals surface area contributed by atoms with Gasteiger partial charge >= 0.3 is 0 Å². The molecule has 0 aliphatic carbocycles. The van der Waals surface area contributed by atoms with Gasteiger partial charge < -0.3 is 14.8 Å². The quantitative estimate of drug-likeness (QED) is 0.440. The molecule has 0 radical (unpaired) electrons. The molecule has 1 amide bonds. The zero-order chi connectivity index (χ0) is 24.7. The molecule has 3 aromatic rings. The fourth-order valence-corrected chi connectivity index (χ4v) is 4.38. The predicted octanol–water partition coefficient (Wildman–Crippen LogP) is 4.09. The highest BCUT2D eigenvalue weighted by Crippen LogP contribution is 2.27. The number of benzene rings is 3. The van der Waals surface area contributed by atoms with Gasteiger partial charge in [0, 0.05) is 11.6 Å². The van der Waals surface area contributed by atoms with Crippen LogP contribution in [-0.4, -0.2) is 40.8 Å². The van der Waals surface area contributed by atoms with Gasteiger partial charge in [-0.1, -0.05) is 30.3 Å². The Bertz CT molecular complexity index is 1240. The van der Waals surface area contributed by atoms with Crippen molar-refractivity contribution < 1.29 is 22.7 Å². The highest BCUT2D eigenvalue weighted by molar-refractivity contribution is 7.92. The number of carbonyl (C=O) groups excluding carboxylic acids is 1. The summed E-state index contributed by atoms with van der Waals surface area (Å²) in [7, 11) is -1.90. The van der Waals surface area contributed by atoms with Crippen molar-refractivity contribution in [1.82, 2.24) is 5.32 Å². The number of rotatable bonds is 10. The van der Waals surface area contributed by atoms with Crippen molar-refractivity contribution in [3.8, 4) is 11.5 Å². The molecule has 8 heteroatoms. The van der Waals surface area contributed by atoms with E-state index in [4.69, 9.17) is 9.47 Å². The van der Waals surface area contributed by atoms with Crippen molar-refractivity contribution >= 4 is 21.6 Å². The summed E-state index contributed by atoms with van der Waals surface area (Å²) in [4.78, 5) is 12.5. The minimum atomic E-state index is -3.49. The molecule has 0 aromatic heterocycles. The highest BCUT2D eigenvalue weighted by atomic mass is 32.2. The van der Waals surface area contributed by atoms with Crippen LogP contribution in [-0.2, 0) is 16.6 Å². The van der Waals surface area contributed by atoms with Crippen molar-refractivity contribution in [1.29, 1.82) is 0 Å². The van der Waals surface area contributed by atoms with Crippen LogP contribution in [0, 0.1) is 13.8 Å². The highest BCUT2D eigenvalue weighted by Gasteiger charge is 2.20. The van der Waals surface area contributed by atoms with Gasteiger partial charge in [-0.15, -0.1) is 0 Å². The second kappa shape index (κ2) is 11.1. The number of sulfonamides is 1. The number of ether oxygens (including phenoxy) is 2. The summed E-state index contributed by atoms with van der Waals surface area (Å²) in [6, 6.07) is 19.8. The zero-order valence-corrected chi connectivity index (χ0v) is 20.7. The Labute approximate surface area is 201 Å². The van der Waals surface area contributed by atoms with Crippen LogP contribution in [0.3, 0.4) is 0 Å². The van der Waals surface area contributed by atoms with Crippen molar-refractivity contribution in [3.05, 3.63) is 89.0 Å². The first-order valence-electron chi connectivity index (χ1n) is 10.9. The molecule has 3 aromatic carbocycles. The van der Waals surface area contributed by atoms with E-state index >= 15 is 0 Å². The standard InChI is InChI=1S/C26H30N2O5S/c1-19-7-5-10-25(20(19)2)28(34(4,30)31)18-21-11-13-22(14-12-21)26(29)27-15-16-33-24-9-6-8-23(17-24)32-3/h5-14,17H,15-16,18H2,1-4H3,(H,27,29). The van der Waals surface area contributed by atoms with Crippen LogP contribution in [0.25, 0.3) is 0 Å². The summed E-state index contributed by atoms with van der Waals surface area (Å²) in [5.41, 5.74) is 3.86. The topological polar surface area (TPSA) is 84.9 Å². The van der Waals surface area contributed by atoms with E-state index in [1.165, 1.54) is 10.6 Å². The van der Waals surface area contributed by atoms with Crippen LogP contribution >= 0.6 is 0 Å². The van der Waals surface area contributed by atoms with Crippen LogP contribution in [0.2, 0.25) is 0 Å². The Morgan fingerprint density at radius 1 is 0.971 bits per heavy atom. The number of anilines is 1. The fraction of sp³-hybridized carbons (Fsp3) is 0.269. The van der Waals surface area contributed by atoms with Gasteiger partial charge in [0.1, 0.15) is 18.1 Å². The number of hydrogen-bond acceptors (Lipinski definition) is 5. The van der Waals surface area contributed by atoms with E-state index in [9.17, 15) is 13.2 Å². The van der Waals surface area contributed by atoms with Crippen molar-refractivity contribution in [2.24, 2.45) is 0 Å². The molecule has 0 unspecified atom stereocenters. The number of methoxy groups -OCH3 is 1. The van der Waals surface area contributed by atoms with Gasteiger partial charge in [0.05, 0.1) is 32.1 Å². The second-order valence-corrected chi connectivity index (χ2v) is 9.88. The Morgan fingerprint density at radius 3 is 2.32 bits per heavy atom. The monoisotopic (exact) mass is 482 g/mol. The summed E-state index contributed by atoms with van der Waals surface area (Å²) < 4.78 is 37.2. The summed E-state index contributed by atoms with van der Waals surface area (Å²) in [6.45, 7) is 4.70. The molecule has 3 rings (SSSR count). The summed E-state index contributed by atoms with van der Waals surface area (Å²) in [5.74, 6) is 1.14. The maximum absolute atomic E-state index is 12.5. The van der Waals surface area contributed by atoms with Gasteiger partial charge in [-0.25, -0.2) is 8.42 Å².